The summed E-state index contributed by atoms with van der Waals surface area (Å²) in [5.41, 5.74) is 2.47. The number of fused-ring (bicyclic) bond motifs is 3. The first-order chi connectivity index (χ1) is 12.0. The van der Waals surface area contributed by atoms with Crippen LogP contribution in [0, 0.1) is 12.7 Å². The van der Waals surface area contributed by atoms with Crippen molar-refractivity contribution >= 4 is 39.9 Å². The quantitative estimate of drug-likeness (QED) is 0.526. The summed E-state index contributed by atoms with van der Waals surface area (Å²) in [6, 6.07) is 2.62. The molecule has 4 rings (SSSR count). The maximum Gasteiger partial charge on any atom is 0.183 e. The largest absolute Gasteiger partial charge is 0.494 e. The molecule has 1 aromatic carbocycles. The van der Waals surface area contributed by atoms with Crippen molar-refractivity contribution < 1.29 is 9.13 Å². The van der Waals surface area contributed by atoms with Crippen molar-refractivity contribution in [2.75, 3.05) is 7.11 Å². The predicted molar refractivity (Wildman–Crippen MR) is 92.8 cm³/mol. The van der Waals surface area contributed by atoms with Gasteiger partial charge in [-0.05, 0) is 6.92 Å². The van der Waals surface area contributed by atoms with Gasteiger partial charge in [0, 0.05) is 24.5 Å². The van der Waals surface area contributed by atoms with Gasteiger partial charge < -0.3 is 4.74 Å². The number of nitrogens with zero attached hydrogens (tertiary/aromatic N) is 5. The van der Waals surface area contributed by atoms with Crippen LogP contribution in [0.3, 0.4) is 0 Å². The van der Waals surface area contributed by atoms with Gasteiger partial charge in [0.05, 0.1) is 33.9 Å². The topological polar surface area (TPSA) is 65.2 Å². The molecule has 0 bridgehead atoms. The first kappa shape index (κ1) is 16.0. The third-order valence-electron chi connectivity index (χ3n) is 3.82. The van der Waals surface area contributed by atoms with E-state index in [1.54, 1.807) is 11.3 Å². The number of halogens is 3. The molecule has 9 heteroatoms. The smallest absolute Gasteiger partial charge is 0.183 e. The highest BCUT2D eigenvalue weighted by atomic mass is 35.5. The number of hydrogen-bond donors (Lipinski definition) is 0. The lowest BCUT2D eigenvalue weighted by molar-refractivity contribution is 0.415. The molecule has 0 saturated carbocycles. The molecule has 0 aliphatic carbocycles. The average Bonchev–Trinajstić information content (AvgIpc) is 3.01. The van der Waals surface area contributed by atoms with Crippen LogP contribution < -0.4 is 4.74 Å². The van der Waals surface area contributed by atoms with Crippen LogP contribution in [-0.4, -0.2) is 31.7 Å². The van der Waals surface area contributed by atoms with Gasteiger partial charge in [-0.2, -0.15) is 0 Å². The second-order valence-electron chi connectivity index (χ2n) is 5.33. The first-order valence-corrected chi connectivity index (χ1v) is 7.95. The van der Waals surface area contributed by atoms with Crippen LogP contribution in [0.1, 0.15) is 5.69 Å². The molecule has 0 fully saturated rings. The lowest BCUT2D eigenvalue weighted by Gasteiger charge is -2.11. The van der Waals surface area contributed by atoms with E-state index in [1.165, 1.54) is 31.6 Å². The van der Waals surface area contributed by atoms with Crippen molar-refractivity contribution in [2.45, 2.75) is 6.92 Å². The molecule has 0 atom stereocenters. The number of aryl methyl sites for hydroxylation is 1. The van der Waals surface area contributed by atoms with Crippen LogP contribution in [0.25, 0.3) is 28.1 Å². The highest BCUT2D eigenvalue weighted by molar-refractivity contribution is 6.38. The zero-order valence-electron chi connectivity index (χ0n) is 13.1. The van der Waals surface area contributed by atoms with E-state index in [2.05, 4.69) is 20.2 Å². The number of rotatable bonds is 2. The molecule has 0 radical (unpaired) electrons. The first-order valence-electron chi connectivity index (χ1n) is 7.19. The fourth-order valence-electron chi connectivity index (χ4n) is 2.75. The van der Waals surface area contributed by atoms with Gasteiger partial charge in [-0.15, -0.1) is 10.2 Å². The monoisotopic (exact) mass is 377 g/mol. The van der Waals surface area contributed by atoms with Crippen LogP contribution in [0.5, 0.6) is 5.75 Å². The van der Waals surface area contributed by atoms with Gasteiger partial charge in [0.1, 0.15) is 17.1 Å². The van der Waals surface area contributed by atoms with Crippen LogP contribution >= 0.6 is 23.2 Å². The van der Waals surface area contributed by atoms with Gasteiger partial charge in [-0.1, -0.05) is 23.2 Å². The Hall–Kier alpha value is -2.51. The van der Waals surface area contributed by atoms with Crippen LogP contribution in [0.15, 0.2) is 24.5 Å². The number of methoxy groups -OCH3 is 1. The van der Waals surface area contributed by atoms with Crippen molar-refractivity contribution in [2.24, 2.45) is 0 Å². The summed E-state index contributed by atoms with van der Waals surface area (Å²) in [6.45, 7) is 1.78. The van der Waals surface area contributed by atoms with Crippen molar-refractivity contribution in [3.05, 3.63) is 46.1 Å². The summed E-state index contributed by atoms with van der Waals surface area (Å²) in [5.74, 6) is 0.213. The summed E-state index contributed by atoms with van der Waals surface area (Å²) in [6.07, 6.45) is 2.92. The molecule has 0 amide bonds. The minimum absolute atomic E-state index is 0.312. The Bertz CT molecular complexity index is 1120. The molecule has 0 saturated heterocycles. The predicted octanol–water partition coefficient (Wildman–Crippen LogP) is 4.10. The Morgan fingerprint density at radius 3 is 2.52 bits per heavy atom. The van der Waals surface area contributed by atoms with E-state index >= 15 is 0 Å². The van der Waals surface area contributed by atoms with Crippen LogP contribution in [-0.2, 0) is 0 Å². The number of aromatic nitrogens is 5. The molecule has 0 unspecified atom stereocenters. The fourth-order valence-corrected chi connectivity index (χ4v) is 3.28. The number of pyridine rings is 1. The second kappa shape index (κ2) is 5.79. The van der Waals surface area contributed by atoms with Crippen molar-refractivity contribution in [1.82, 2.24) is 24.6 Å². The second-order valence-corrected chi connectivity index (χ2v) is 6.15. The Morgan fingerprint density at radius 2 is 1.84 bits per heavy atom. The van der Waals surface area contributed by atoms with E-state index in [4.69, 9.17) is 27.9 Å². The molecular formula is C16H10Cl2FN5O. The lowest BCUT2D eigenvalue weighted by Crippen LogP contribution is -2.00. The molecule has 6 nitrogen and oxygen atoms in total. The Morgan fingerprint density at radius 1 is 1.12 bits per heavy atom. The maximum atomic E-state index is 14.1. The van der Waals surface area contributed by atoms with E-state index in [9.17, 15) is 4.39 Å². The molecule has 3 heterocycles. The van der Waals surface area contributed by atoms with Gasteiger partial charge >= 0.3 is 0 Å². The number of benzene rings is 1. The van der Waals surface area contributed by atoms with Crippen molar-refractivity contribution in [3.63, 3.8) is 0 Å². The zero-order valence-corrected chi connectivity index (χ0v) is 14.6. The molecule has 0 aliphatic heterocycles. The third kappa shape index (κ3) is 2.39. The van der Waals surface area contributed by atoms with Gasteiger partial charge in [-0.3, -0.25) is 9.38 Å². The summed E-state index contributed by atoms with van der Waals surface area (Å²) in [5, 5.41) is 8.98. The average molecular weight is 378 g/mol. The number of hydrogen-bond acceptors (Lipinski definition) is 5. The molecule has 126 valence electrons. The minimum atomic E-state index is -0.470. The van der Waals surface area contributed by atoms with Crippen LogP contribution in [0.2, 0.25) is 10.0 Å². The van der Waals surface area contributed by atoms with E-state index in [-0.39, 0.29) is 0 Å². The molecule has 0 N–H and O–H groups in total. The zero-order chi connectivity index (χ0) is 17.7. The highest BCUT2D eigenvalue weighted by Gasteiger charge is 2.21. The normalized spacial score (nSPS) is 11.4. The molecule has 4 aromatic rings. The van der Waals surface area contributed by atoms with E-state index < -0.39 is 5.82 Å². The van der Waals surface area contributed by atoms with Gasteiger partial charge in [-0.25, -0.2) is 9.37 Å². The SMILES string of the molecule is COc1cc(F)cc2c1nc(C)c1nnc(-c3c(Cl)cncc3Cl)n12. The summed E-state index contributed by atoms with van der Waals surface area (Å²) in [7, 11) is 1.46. The molecule has 3 aromatic heterocycles. The van der Waals surface area contributed by atoms with E-state index in [1.807, 2.05) is 0 Å². The van der Waals surface area contributed by atoms with Crippen molar-refractivity contribution in [3.8, 4) is 17.1 Å². The molecule has 25 heavy (non-hydrogen) atoms. The summed E-state index contributed by atoms with van der Waals surface area (Å²) in [4.78, 5) is 8.42. The highest BCUT2D eigenvalue weighted by Crippen LogP contribution is 2.35. The maximum absolute atomic E-state index is 14.1. The standard InChI is InChI=1S/C16H10Cl2FN5O/c1-7-15-22-23-16(13-9(17)5-20-6-10(13)18)24(15)11-3-8(19)4-12(25-2)14(11)21-7/h3-6H,1-2H3. The summed E-state index contributed by atoms with van der Waals surface area (Å²) < 4.78 is 21.0. The van der Waals surface area contributed by atoms with E-state index in [0.29, 0.717) is 49.6 Å². The van der Waals surface area contributed by atoms with E-state index in [0.717, 1.165) is 0 Å². The molecule has 0 spiro atoms. The van der Waals surface area contributed by atoms with Crippen molar-refractivity contribution in [1.29, 1.82) is 0 Å². The fraction of sp³-hybridized carbons (Fsp3) is 0.125. The number of ether oxygens (including phenoxy) is 1. The van der Waals surface area contributed by atoms with Crippen LogP contribution in [0.4, 0.5) is 4.39 Å². The summed E-state index contributed by atoms with van der Waals surface area (Å²) >= 11 is 12.5. The Kier molecular flexibility index (Phi) is 3.70. The van der Waals surface area contributed by atoms with Gasteiger partial charge in [0.25, 0.3) is 0 Å². The third-order valence-corrected chi connectivity index (χ3v) is 4.40. The molecule has 0 aliphatic rings. The van der Waals surface area contributed by atoms with Gasteiger partial charge in [0.2, 0.25) is 0 Å². The molecular weight excluding hydrogens is 368 g/mol. The Labute approximate surface area is 151 Å². The van der Waals surface area contributed by atoms with Gasteiger partial charge in [0.15, 0.2) is 11.5 Å². The lowest BCUT2D eigenvalue weighted by atomic mass is 10.2. The minimum Gasteiger partial charge on any atom is -0.494 e. The Balaban J connectivity index is 2.22.